The molecule has 4 nitrogen and oxygen atoms in total. The normalized spacial score (nSPS) is 20.4. The summed E-state index contributed by atoms with van der Waals surface area (Å²) in [6, 6.07) is 0. The maximum absolute atomic E-state index is 10.9. The van der Waals surface area contributed by atoms with Crippen molar-refractivity contribution in [2.75, 3.05) is 18.0 Å². The van der Waals surface area contributed by atoms with Crippen molar-refractivity contribution >= 4 is 34.0 Å². The van der Waals surface area contributed by atoms with Gasteiger partial charge in [0.25, 0.3) is 0 Å². The molecule has 1 aromatic rings. The number of anilines is 1. The second-order valence-corrected chi connectivity index (χ2v) is 7.05. The first-order valence-electron chi connectivity index (χ1n) is 5.93. The van der Waals surface area contributed by atoms with Gasteiger partial charge < -0.3 is 10.0 Å². The van der Waals surface area contributed by atoms with E-state index in [0.717, 1.165) is 36.0 Å². The smallest absolute Gasteiger partial charge is 0.349 e. The van der Waals surface area contributed by atoms with Crippen LogP contribution in [0.5, 0.6) is 0 Å². The van der Waals surface area contributed by atoms with Gasteiger partial charge in [-0.3, -0.25) is 0 Å². The summed E-state index contributed by atoms with van der Waals surface area (Å²) in [4.78, 5) is 17.4. The molecule has 2 heterocycles. The van der Waals surface area contributed by atoms with E-state index in [1.807, 2.05) is 0 Å². The van der Waals surface area contributed by atoms with Crippen LogP contribution in [0.25, 0.3) is 0 Å². The van der Waals surface area contributed by atoms with Gasteiger partial charge in [-0.05, 0) is 17.8 Å². The number of carboxylic acids is 1. The maximum Gasteiger partial charge on any atom is 0.349 e. The molecule has 0 radical (unpaired) electrons. The van der Waals surface area contributed by atoms with Crippen molar-refractivity contribution in [3.05, 3.63) is 10.0 Å². The third-order valence-corrected chi connectivity index (χ3v) is 4.94. The third kappa shape index (κ3) is 2.62. The van der Waals surface area contributed by atoms with Gasteiger partial charge in [0.2, 0.25) is 0 Å². The van der Waals surface area contributed by atoms with Gasteiger partial charge in [-0.1, -0.05) is 43.7 Å². The number of aromatic nitrogens is 1. The molecule has 6 heteroatoms. The van der Waals surface area contributed by atoms with Crippen molar-refractivity contribution in [1.82, 2.24) is 4.98 Å². The van der Waals surface area contributed by atoms with Crippen LogP contribution >= 0.6 is 22.9 Å². The van der Waals surface area contributed by atoms with E-state index in [9.17, 15) is 4.79 Å². The summed E-state index contributed by atoms with van der Waals surface area (Å²) >= 11 is 7.00. The quantitative estimate of drug-likeness (QED) is 0.906. The van der Waals surface area contributed by atoms with E-state index in [2.05, 4.69) is 30.7 Å². The molecule has 1 N–H and O–H groups in total. The highest BCUT2D eigenvalue weighted by atomic mass is 35.5. The van der Waals surface area contributed by atoms with Crippen molar-refractivity contribution in [2.45, 2.75) is 27.2 Å². The molecule has 0 bridgehead atoms. The van der Waals surface area contributed by atoms with Crippen molar-refractivity contribution in [2.24, 2.45) is 11.3 Å². The van der Waals surface area contributed by atoms with Crippen LogP contribution in [-0.4, -0.2) is 29.1 Å². The predicted molar refractivity (Wildman–Crippen MR) is 73.9 cm³/mol. The van der Waals surface area contributed by atoms with Crippen molar-refractivity contribution in [3.8, 4) is 0 Å². The van der Waals surface area contributed by atoms with Crippen LogP contribution in [0.2, 0.25) is 5.15 Å². The second-order valence-electron chi connectivity index (χ2n) is 5.72. The standard InChI is InChI=1S/C12H17ClN2O2S/c1-12(2,3)7-4-5-15(6-7)11-14-9(13)8(18-11)10(16)17/h7H,4-6H2,1-3H3,(H,16,17). The molecular weight excluding hydrogens is 272 g/mol. The summed E-state index contributed by atoms with van der Waals surface area (Å²) in [5, 5.41) is 9.80. The zero-order valence-corrected chi connectivity index (χ0v) is 12.3. The minimum absolute atomic E-state index is 0.0988. The summed E-state index contributed by atoms with van der Waals surface area (Å²) in [5.41, 5.74) is 0.269. The summed E-state index contributed by atoms with van der Waals surface area (Å²) < 4.78 is 0. The van der Waals surface area contributed by atoms with Gasteiger partial charge in [-0.2, -0.15) is 0 Å². The number of hydrogen-bond acceptors (Lipinski definition) is 4. The number of hydrogen-bond donors (Lipinski definition) is 1. The molecule has 1 aliphatic heterocycles. The van der Waals surface area contributed by atoms with E-state index >= 15 is 0 Å². The minimum atomic E-state index is -1.00. The number of thiazole rings is 1. The molecule has 1 atom stereocenters. The van der Waals surface area contributed by atoms with Crippen molar-refractivity contribution < 1.29 is 9.90 Å². The molecule has 2 rings (SSSR count). The van der Waals surface area contributed by atoms with Gasteiger partial charge in [0.15, 0.2) is 15.2 Å². The summed E-state index contributed by atoms with van der Waals surface area (Å²) in [6.45, 7) is 8.55. The molecule has 0 aliphatic carbocycles. The lowest BCUT2D eigenvalue weighted by molar-refractivity contribution is 0.0702. The molecule has 0 aromatic carbocycles. The van der Waals surface area contributed by atoms with Gasteiger partial charge in [0.1, 0.15) is 0 Å². The lowest BCUT2D eigenvalue weighted by atomic mass is 9.80. The van der Waals surface area contributed by atoms with Crippen molar-refractivity contribution in [3.63, 3.8) is 0 Å². The summed E-state index contributed by atoms with van der Waals surface area (Å²) in [6.07, 6.45) is 1.11. The van der Waals surface area contributed by atoms with E-state index in [1.165, 1.54) is 0 Å². The SMILES string of the molecule is CC(C)(C)C1CCN(c2nc(Cl)c(C(=O)O)s2)C1. The van der Waals surface area contributed by atoms with E-state index < -0.39 is 5.97 Å². The summed E-state index contributed by atoms with van der Waals surface area (Å²) in [5.74, 6) is -0.399. The van der Waals surface area contributed by atoms with Gasteiger partial charge in [-0.15, -0.1) is 0 Å². The second kappa shape index (κ2) is 4.70. The first kappa shape index (κ1) is 13.6. The third-order valence-electron chi connectivity index (χ3n) is 3.45. The van der Waals surface area contributed by atoms with E-state index in [4.69, 9.17) is 16.7 Å². The fourth-order valence-electron chi connectivity index (χ4n) is 2.20. The molecule has 1 saturated heterocycles. The average molecular weight is 289 g/mol. The van der Waals surface area contributed by atoms with Crippen LogP contribution < -0.4 is 4.90 Å². The number of nitrogens with zero attached hydrogens (tertiary/aromatic N) is 2. The number of halogens is 1. The van der Waals surface area contributed by atoms with Crippen LogP contribution in [-0.2, 0) is 0 Å². The monoisotopic (exact) mass is 288 g/mol. The highest BCUT2D eigenvalue weighted by Gasteiger charge is 2.33. The van der Waals surface area contributed by atoms with Crippen molar-refractivity contribution in [1.29, 1.82) is 0 Å². The maximum atomic E-state index is 10.9. The first-order chi connectivity index (χ1) is 8.29. The molecule has 0 amide bonds. The Bertz CT molecular complexity index is 467. The lowest BCUT2D eigenvalue weighted by Gasteiger charge is -2.26. The Morgan fingerprint density at radius 3 is 2.67 bits per heavy atom. The number of carboxylic acid groups (broad SMARTS) is 1. The fourth-order valence-corrected chi connectivity index (χ4v) is 3.36. The van der Waals surface area contributed by atoms with E-state index in [1.54, 1.807) is 0 Å². The molecule has 0 spiro atoms. The largest absolute Gasteiger partial charge is 0.477 e. The van der Waals surface area contributed by atoms with Crippen LogP contribution in [0.1, 0.15) is 36.9 Å². The molecule has 100 valence electrons. The van der Waals surface area contributed by atoms with Crippen LogP contribution in [0.15, 0.2) is 0 Å². The lowest BCUT2D eigenvalue weighted by Crippen LogP contribution is -2.25. The molecule has 1 unspecified atom stereocenters. The number of aromatic carboxylic acids is 1. The average Bonchev–Trinajstić information content (AvgIpc) is 2.81. The van der Waals surface area contributed by atoms with Crippen LogP contribution in [0, 0.1) is 11.3 Å². The van der Waals surface area contributed by atoms with E-state index in [-0.39, 0.29) is 15.4 Å². The van der Waals surface area contributed by atoms with E-state index in [0.29, 0.717) is 5.92 Å². The Morgan fingerprint density at radius 1 is 1.56 bits per heavy atom. The van der Waals surface area contributed by atoms with Crippen LogP contribution in [0.4, 0.5) is 5.13 Å². The topological polar surface area (TPSA) is 53.4 Å². The Hall–Kier alpha value is -0.810. The molecule has 1 aliphatic rings. The predicted octanol–water partition coefficient (Wildman–Crippen LogP) is 3.37. The van der Waals surface area contributed by atoms with Gasteiger partial charge >= 0.3 is 5.97 Å². The highest BCUT2D eigenvalue weighted by Crippen LogP contribution is 2.38. The number of carbonyl (C=O) groups is 1. The minimum Gasteiger partial charge on any atom is -0.477 e. The van der Waals surface area contributed by atoms with Gasteiger partial charge in [-0.25, -0.2) is 9.78 Å². The highest BCUT2D eigenvalue weighted by molar-refractivity contribution is 7.18. The number of rotatable bonds is 2. The zero-order chi connectivity index (χ0) is 13.5. The van der Waals surface area contributed by atoms with Crippen LogP contribution in [0.3, 0.4) is 0 Å². The molecule has 1 fully saturated rings. The zero-order valence-electron chi connectivity index (χ0n) is 10.7. The first-order valence-corrected chi connectivity index (χ1v) is 7.13. The Kier molecular flexibility index (Phi) is 3.56. The molecule has 1 aromatic heterocycles. The van der Waals surface area contributed by atoms with Gasteiger partial charge in [0.05, 0.1) is 0 Å². The fraction of sp³-hybridized carbons (Fsp3) is 0.667. The molecule has 0 saturated carbocycles. The molecular formula is C12H17ClN2O2S. The van der Waals surface area contributed by atoms with Gasteiger partial charge in [0, 0.05) is 13.1 Å². The molecule has 18 heavy (non-hydrogen) atoms. The Morgan fingerprint density at radius 2 is 2.22 bits per heavy atom. The Balaban J connectivity index is 2.15. The summed E-state index contributed by atoms with van der Waals surface area (Å²) in [7, 11) is 0. The Labute approximate surface area is 116 Å².